The standard InChI is InChI=1S/C30H30N4O6/c1-16-12-13-20-19(15-39-27(20)17(16)2)14-25(35)32-31-22-9-7-11-24-26(22)18(3)28(40-24)30(37)34-33-29(36)21-8-5-6-10-23(21)38-4/h5-6,8,10,12-13,15H,7,9,11,14H2,1-4H3,(H,32,35)(H,33,36)(H,34,37)/b31-22+. The predicted octanol–water partition coefficient (Wildman–Crippen LogP) is 4.43. The highest BCUT2D eigenvalue weighted by molar-refractivity contribution is 6.07. The van der Waals surface area contributed by atoms with Crippen LogP contribution in [0.3, 0.4) is 0 Å². The van der Waals surface area contributed by atoms with E-state index in [1.165, 1.54) is 7.11 Å². The molecule has 206 valence electrons. The Morgan fingerprint density at radius 3 is 2.55 bits per heavy atom. The normalized spacial score (nSPS) is 13.7. The molecule has 0 saturated carbocycles. The van der Waals surface area contributed by atoms with Crippen molar-refractivity contribution in [3.8, 4) is 5.75 Å². The summed E-state index contributed by atoms with van der Waals surface area (Å²) in [4.78, 5) is 38.2. The Balaban J connectivity index is 1.28. The lowest BCUT2D eigenvalue weighted by molar-refractivity contribution is -0.120. The van der Waals surface area contributed by atoms with Gasteiger partial charge in [0.25, 0.3) is 5.91 Å². The van der Waals surface area contributed by atoms with Crippen LogP contribution in [0.25, 0.3) is 11.0 Å². The van der Waals surface area contributed by atoms with Gasteiger partial charge in [-0.15, -0.1) is 0 Å². The minimum absolute atomic E-state index is 0.0711. The summed E-state index contributed by atoms with van der Waals surface area (Å²) >= 11 is 0. The van der Waals surface area contributed by atoms with Crippen molar-refractivity contribution < 1.29 is 28.0 Å². The van der Waals surface area contributed by atoms with Gasteiger partial charge in [0.05, 0.1) is 31.1 Å². The number of benzene rings is 2. The Hall–Kier alpha value is -4.86. The fourth-order valence-corrected chi connectivity index (χ4v) is 4.93. The van der Waals surface area contributed by atoms with Crippen molar-refractivity contribution in [1.82, 2.24) is 16.3 Å². The molecule has 0 unspecified atom stereocenters. The van der Waals surface area contributed by atoms with E-state index >= 15 is 0 Å². The number of hydrazone groups is 1. The van der Waals surface area contributed by atoms with Crippen LogP contribution in [0.2, 0.25) is 0 Å². The Morgan fingerprint density at radius 1 is 0.975 bits per heavy atom. The van der Waals surface area contributed by atoms with Gasteiger partial charge in [0.15, 0.2) is 5.76 Å². The number of hydrogen-bond donors (Lipinski definition) is 3. The molecule has 0 bridgehead atoms. The van der Waals surface area contributed by atoms with Crippen LogP contribution in [0.5, 0.6) is 5.75 Å². The molecule has 10 heteroatoms. The monoisotopic (exact) mass is 542 g/mol. The van der Waals surface area contributed by atoms with Crippen LogP contribution in [-0.2, 0) is 17.6 Å². The predicted molar refractivity (Wildman–Crippen MR) is 148 cm³/mol. The SMILES string of the molecule is COc1ccccc1C(=O)NNC(=O)c1oc2c(c1C)/C(=N/NC(=O)Cc1coc3c(C)c(C)ccc13)CCC2. The molecule has 0 aliphatic heterocycles. The number of carbonyl (C=O) groups is 3. The number of aryl methyl sites for hydroxylation is 3. The zero-order valence-electron chi connectivity index (χ0n) is 22.8. The molecule has 3 N–H and O–H groups in total. The van der Waals surface area contributed by atoms with Gasteiger partial charge in [-0.05, 0) is 56.9 Å². The van der Waals surface area contributed by atoms with Gasteiger partial charge in [0.1, 0.15) is 17.1 Å². The molecular weight excluding hydrogens is 512 g/mol. The van der Waals surface area contributed by atoms with Gasteiger partial charge in [0.2, 0.25) is 5.91 Å². The van der Waals surface area contributed by atoms with Crippen molar-refractivity contribution in [3.05, 3.63) is 87.6 Å². The highest BCUT2D eigenvalue weighted by atomic mass is 16.5. The van der Waals surface area contributed by atoms with Gasteiger partial charge < -0.3 is 13.6 Å². The number of methoxy groups -OCH3 is 1. The largest absolute Gasteiger partial charge is 0.496 e. The summed E-state index contributed by atoms with van der Waals surface area (Å²) in [7, 11) is 1.46. The quantitative estimate of drug-likeness (QED) is 0.309. The third kappa shape index (κ3) is 5.07. The molecule has 1 aliphatic carbocycles. The lowest BCUT2D eigenvalue weighted by Gasteiger charge is -2.13. The zero-order chi connectivity index (χ0) is 28.4. The van der Waals surface area contributed by atoms with Crippen LogP contribution in [0.4, 0.5) is 0 Å². The lowest BCUT2D eigenvalue weighted by atomic mass is 9.93. The average Bonchev–Trinajstić information content (AvgIpc) is 3.53. The van der Waals surface area contributed by atoms with Gasteiger partial charge in [0, 0.05) is 28.5 Å². The number of ether oxygens (including phenoxy) is 1. The van der Waals surface area contributed by atoms with Crippen molar-refractivity contribution in [2.45, 2.75) is 46.5 Å². The third-order valence-corrected chi connectivity index (χ3v) is 7.18. The van der Waals surface area contributed by atoms with Crippen LogP contribution in [-0.4, -0.2) is 30.5 Å². The third-order valence-electron chi connectivity index (χ3n) is 7.18. The number of hydrazine groups is 1. The number of hydrogen-bond acceptors (Lipinski definition) is 7. The molecule has 0 radical (unpaired) electrons. The van der Waals surface area contributed by atoms with Crippen LogP contribution in [0, 0.1) is 20.8 Å². The van der Waals surface area contributed by atoms with Crippen LogP contribution in [0.1, 0.15) is 67.3 Å². The molecule has 0 saturated heterocycles. The number of para-hydroxylation sites is 1. The van der Waals surface area contributed by atoms with E-state index < -0.39 is 11.8 Å². The Bertz CT molecular complexity index is 1660. The highest BCUT2D eigenvalue weighted by Gasteiger charge is 2.28. The zero-order valence-corrected chi connectivity index (χ0v) is 22.8. The van der Waals surface area contributed by atoms with E-state index in [9.17, 15) is 14.4 Å². The summed E-state index contributed by atoms with van der Waals surface area (Å²) in [6, 6.07) is 10.7. The highest BCUT2D eigenvalue weighted by Crippen LogP contribution is 2.30. The van der Waals surface area contributed by atoms with Gasteiger partial charge in [-0.25, -0.2) is 5.43 Å². The first kappa shape index (κ1) is 26.7. The van der Waals surface area contributed by atoms with Crippen LogP contribution < -0.4 is 21.0 Å². The van der Waals surface area contributed by atoms with Crippen molar-refractivity contribution >= 4 is 34.4 Å². The number of fused-ring (bicyclic) bond motifs is 2. The molecule has 0 atom stereocenters. The molecule has 40 heavy (non-hydrogen) atoms. The summed E-state index contributed by atoms with van der Waals surface area (Å²) < 4.78 is 16.8. The number of nitrogens with zero attached hydrogens (tertiary/aromatic N) is 1. The van der Waals surface area contributed by atoms with E-state index in [2.05, 4.69) is 21.4 Å². The minimum atomic E-state index is -0.601. The smallest absolute Gasteiger partial charge is 0.305 e. The number of carbonyl (C=O) groups excluding carboxylic acids is 3. The number of furan rings is 2. The van der Waals surface area contributed by atoms with Crippen LogP contribution in [0.15, 0.2) is 56.6 Å². The van der Waals surface area contributed by atoms with Gasteiger partial charge in [-0.1, -0.05) is 24.3 Å². The first-order valence-corrected chi connectivity index (χ1v) is 13.0. The maximum atomic E-state index is 12.9. The first-order valence-electron chi connectivity index (χ1n) is 13.0. The van der Waals surface area contributed by atoms with Crippen molar-refractivity contribution in [3.63, 3.8) is 0 Å². The van der Waals surface area contributed by atoms with E-state index in [4.69, 9.17) is 13.6 Å². The Kier molecular flexibility index (Phi) is 7.41. The van der Waals surface area contributed by atoms with E-state index in [0.29, 0.717) is 41.2 Å². The molecule has 2 heterocycles. The average molecular weight is 543 g/mol. The maximum Gasteiger partial charge on any atom is 0.305 e. The summed E-state index contributed by atoms with van der Waals surface area (Å²) in [5.74, 6) is -0.338. The fourth-order valence-electron chi connectivity index (χ4n) is 4.93. The van der Waals surface area contributed by atoms with Gasteiger partial charge in [-0.3, -0.25) is 25.2 Å². The second-order valence-corrected chi connectivity index (χ2v) is 9.73. The molecule has 0 spiro atoms. The number of amides is 3. The van der Waals surface area contributed by atoms with Crippen LogP contribution >= 0.6 is 0 Å². The van der Waals surface area contributed by atoms with Crippen molar-refractivity contribution in [2.24, 2.45) is 5.10 Å². The summed E-state index contributed by atoms with van der Waals surface area (Å²) in [5.41, 5.74) is 13.4. The lowest BCUT2D eigenvalue weighted by Crippen LogP contribution is -2.41. The molecule has 3 amide bonds. The molecule has 1 aliphatic rings. The molecule has 2 aromatic heterocycles. The van der Waals surface area contributed by atoms with E-state index in [1.807, 2.05) is 26.0 Å². The molecule has 10 nitrogen and oxygen atoms in total. The van der Waals surface area contributed by atoms with Gasteiger partial charge in [-0.2, -0.15) is 5.10 Å². The Morgan fingerprint density at radius 2 is 1.75 bits per heavy atom. The molecule has 2 aromatic carbocycles. The van der Waals surface area contributed by atoms with E-state index in [-0.39, 0.29) is 23.7 Å². The molecule has 5 rings (SSSR count). The number of nitrogens with one attached hydrogen (secondary N) is 3. The summed E-state index contributed by atoms with van der Waals surface area (Å²) in [5, 5.41) is 5.30. The second-order valence-electron chi connectivity index (χ2n) is 9.73. The molecule has 0 fully saturated rings. The van der Waals surface area contributed by atoms with Gasteiger partial charge >= 0.3 is 5.91 Å². The van der Waals surface area contributed by atoms with Crippen molar-refractivity contribution in [1.29, 1.82) is 0 Å². The second kappa shape index (κ2) is 11.1. The first-order chi connectivity index (χ1) is 19.3. The summed E-state index contributed by atoms with van der Waals surface area (Å²) in [6.07, 6.45) is 3.73. The number of rotatable bonds is 6. The fraction of sp³-hybridized carbons (Fsp3) is 0.267. The van der Waals surface area contributed by atoms with E-state index in [0.717, 1.165) is 34.1 Å². The maximum absolute atomic E-state index is 12.9. The summed E-state index contributed by atoms with van der Waals surface area (Å²) in [6.45, 7) is 5.76. The Labute approximate surface area is 230 Å². The minimum Gasteiger partial charge on any atom is -0.496 e. The van der Waals surface area contributed by atoms with Crippen molar-refractivity contribution in [2.75, 3.05) is 7.11 Å². The molecule has 4 aromatic rings. The molecular formula is C30H30N4O6. The topological polar surface area (TPSA) is 135 Å². The van der Waals surface area contributed by atoms with E-state index in [1.54, 1.807) is 37.5 Å².